The summed E-state index contributed by atoms with van der Waals surface area (Å²) < 4.78 is 56.0. The molecule has 0 fully saturated rings. The number of aryl methyl sites for hydroxylation is 1. The van der Waals surface area contributed by atoms with Crippen LogP contribution in [-0.4, -0.2) is 39.0 Å². The van der Waals surface area contributed by atoms with E-state index < -0.39 is 35.1 Å². The fourth-order valence-corrected chi connectivity index (χ4v) is 4.04. The number of aliphatic hydroxyl groups is 1. The number of rotatable bonds is 6. The molecule has 3 aromatic rings. The summed E-state index contributed by atoms with van der Waals surface area (Å²) in [6.07, 6.45) is -3.57. The highest BCUT2D eigenvalue weighted by molar-refractivity contribution is 7.98. The van der Waals surface area contributed by atoms with Gasteiger partial charge in [-0.1, -0.05) is 12.1 Å². The molecule has 160 valence electrons. The van der Waals surface area contributed by atoms with E-state index in [0.29, 0.717) is 16.6 Å². The number of hydrogen-bond acceptors (Lipinski definition) is 5. The molecule has 9 heteroatoms. The lowest BCUT2D eigenvalue weighted by atomic mass is 9.88. The van der Waals surface area contributed by atoms with Crippen LogP contribution in [0.3, 0.4) is 0 Å². The number of phenolic OH excluding ortho intramolecular Hbond substituents is 1. The number of nitrogens with one attached hydrogen (secondary N) is 1. The van der Waals surface area contributed by atoms with Crippen LogP contribution in [-0.2, 0) is 0 Å². The van der Waals surface area contributed by atoms with Crippen molar-refractivity contribution in [3.63, 3.8) is 0 Å². The Morgan fingerprint density at radius 2 is 1.87 bits per heavy atom. The average Bonchev–Trinajstić information content (AvgIpc) is 2.67. The Kier molecular flexibility index (Phi) is 6.14. The molecule has 3 rings (SSSR count). The Balaban J connectivity index is 2.18. The molecule has 30 heavy (non-hydrogen) atoms. The Morgan fingerprint density at radius 3 is 2.50 bits per heavy atom. The van der Waals surface area contributed by atoms with Gasteiger partial charge in [0.2, 0.25) is 0 Å². The summed E-state index contributed by atoms with van der Waals surface area (Å²) in [7, 11) is 0. The Hall–Kier alpha value is -2.52. The molecule has 0 aliphatic rings. The highest BCUT2D eigenvalue weighted by atomic mass is 32.2. The normalized spacial score (nSPS) is 15.0. The maximum atomic E-state index is 14.0. The SMILES string of the molecule is CSCC(O)(C(Nc1cccc2nc(C)ccc12)c1ccc(O)c(F)c1)C(F)(F)F. The van der Waals surface area contributed by atoms with E-state index in [2.05, 4.69) is 10.3 Å². The van der Waals surface area contributed by atoms with Crippen molar-refractivity contribution in [1.82, 2.24) is 4.98 Å². The molecule has 0 bridgehead atoms. The van der Waals surface area contributed by atoms with Gasteiger partial charge in [0.1, 0.15) is 0 Å². The minimum absolute atomic E-state index is 0.156. The molecular formula is C21H20F4N2O2S. The maximum Gasteiger partial charge on any atom is 0.420 e. The molecule has 1 aromatic heterocycles. The number of aromatic hydroxyl groups is 1. The summed E-state index contributed by atoms with van der Waals surface area (Å²) in [6.45, 7) is 1.79. The number of nitrogens with zero attached hydrogens (tertiary/aromatic N) is 1. The van der Waals surface area contributed by atoms with E-state index in [0.717, 1.165) is 35.7 Å². The lowest BCUT2D eigenvalue weighted by molar-refractivity contribution is -0.256. The molecule has 3 N–H and O–H groups in total. The fourth-order valence-electron chi connectivity index (χ4n) is 3.27. The van der Waals surface area contributed by atoms with Gasteiger partial charge in [-0.25, -0.2) is 4.39 Å². The van der Waals surface area contributed by atoms with Crippen molar-refractivity contribution in [2.45, 2.75) is 24.7 Å². The van der Waals surface area contributed by atoms with Crippen LogP contribution in [0.5, 0.6) is 5.75 Å². The van der Waals surface area contributed by atoms with E-state index in [-0.39, 0.29) is 5.56 Å². The smallest absolute Gasteiger partial charge is 0.420 e. The third kappa shape index (κ3) is 4.17. The van der Waals surface area contributed by atoms with Crippen LogP contribution in [0, 0.1) is 12.7 Å². The molecular weight excluding hydrogens is 420 g/mol. The summed E-state index contributed by atoms with van der Waals surface area (Å²) >= 11 is 0.816. The fraction of sp³-hybridized carbons (Fsp3) is 0.286. The van der Waals surface area contributed by atoms with Gasteiger partial charge in [0.15, 0.2) is 17.2 Å². The Labute approximate surface area is 175 Å². The Bertz CT molecular complexity index is 1060. The van der Waals surface area contributed by atoms with Gasteiger partial charge < -0.3 is 15.5 Å². The molecule has 2 unspecified atom stereocenters. The number of fused-ring (bicyclic) bond motifs is 1. The van der Waals surface area contributed by atoms with Gasteiger partial charge >= 0.3 is 6.18 Å². The van der Waals surface area contributed by atoms with Crippen LogP contribution < -0.4 is 5.32 Å². The molecule has 0 spiro atoms. The van der Waals surface area contributed by atoms with E-state index in [9.17, 15) is 27.8 Å². The van der Waals surface area contributed by atoms with Crippen molar-refractivity contribution in [3.8, 4) is 5.75 Å². The summed E-state index contributed by atoms with van der Waals surface area (Å²) in [4.78, 5) is 4.37. The number of thioether (sulfide) groups is 1. The number of benzene rings is 2. The number of halogens is 4. The largest absolute Gasteiger partial charge is 0.505 e. The first-order valence-electron chi connectivity index (χ1n) is 8.96. The minimum atomic E-state index is -5.01. The molecule has 0 saturated heterocycles. The predicted molar refractivity (Wildman–Crippen MR) is 110 cm³/mol. The third-order valence-electron chi connectivity index (χ3n) is 4.81. The number of aromatic nitrogens is 1. The summed E-state index contributed by atoms with van der Waals surface area (Å²) in [5.74, 6) is -2.45. The summed E-state index contributed by atoms with van der Waals surface area (Å²) in [5.41, 5.74) is -1.75. The standard InChI is InChI=1S/C21H20F4N2O2S/c1-12-6-8-14-16(26-12)4-3-5-17(14)27-19(13-7-9-18(28)15(22)10-13)20(29,11-30-2)21(23,24)25/h3-10,19,27-29H,11H2,1-2H3. The van der Waals surface area contributed by atoms with Gasteiger partial charge in [0, 0.05) is 22.5 Å². The third-order valence-corrected chi connectivity index (χ3v) is 5.54. The first kappa shape index (κ1) is 22.2. The monoisotopic (exact) mass is 440 g/mol. The molecule has 0 saturated carbocycles. The number of phenols is 1. The second-order valence-electron chi connectivity index (χ2n) is 6.97. The molecule has 0 radical (unpaired) electrons. The van der Waals surface area contributed by atoms with Crippen LogP contribution in [0.2, 0.25) is 0 Å². The van der Waals surface area contributed by atoms with Crippen LogP contribution in [0.4, 0.5) is 23.2 Å². The zero-order chi connectivity index (χ0) is 22.1. The number of anilines is 1. The molecule has 4 nitrogen and oxygen atoms in total. The maximum absolute atomic E-state index is 14.0. The Morgan fingerprint density at radius 1 is 1.13 bits per heavy atom. The number of hydrogen-bond donors (Lipinski definition) is 3. The first-order valence-corrected chi connectivity index (χ1v) is 10.4. The zero-order valence-corrected chi connectivity index (χ0v) is 17.0. The van der Waals surface area contributed by atoms with Crippen LogP contribution in [0.25, 0.3) is 10.9 Å². The van der Waals surface area contributed by atoms with Crippen molar-refractivity contribution in [1.29, 1.82) is 0 Å². The van der Waals surface area contributed by atoms with E-state index in [1.165, 1.54) is 6.26 Å². The van der Waals surface area contributed by atoms with Gasteiger partial charge in [0.05, 0.1) is 11.6 Å². The van der Waals surface area contributed by atoms with Crippen LogP contribution in [0.15, 0.2) is 48.5 Å². The van der Waals surface area contributed by atoms with E-state index in [1.54, 1.807) is 37.3 Å². The summed E-state index contributed by atoms with van der Waals surface area (Å²) in [6, 6.07) is 9.52. The highest BCUT2D eigenvalue weighted by Gasteiger charge is 2.59. The van der Waals surface area contributed by atoms with Crippen molar-refractivity contribution in [2.24, 2.45) is 0 Å². The predicted octanol–water partition coefficient (Wildman–Crippen LogP) is 5.20. The molecule has 0 amide bonds. The second kappa shape index (κ2) is 8.31. The number of alkyl halides is 3. The van der Waals surface area contributed by atoms with Crippen molar-refractivity contribution >= 4 is 28.4 Å². The van der Waals surface area contributed by atoms with Crippen molar-refractivity contribution in [2.75, 3.05) is 17.3 Å². The zero-order valence-electron chi connectivity index (χ0n) is 16.2. The molecule has 1 heterocycles. The van der Waals surface area contributed by atoms with E-state index in [4.69, 9.17) is 0 Å². The van der Waals surface area contributed by atoms with Crippen molar-refractivity contribution in [3.05, 3.63) is 65.6 Å². The van der Waals surface area contributed by atoms with Crippen LogP contribution in [0.1, 0.15) is 17.3 Å². The van der Waals surface area contributed by atoms with Gasteiger partial charge in [-0.2, -0.15) is 24.9 Å². The highest BCUT2D eigenvalue weighted by Crippen LogP contribution is 2.44. The lowest BCUT2D eigenvalue weighted by Crippen LogP contribution is -2.54. The van der Waals surface area contributed by atoms with Gasteiger partial charge in [0.25, 0.3) is 0 Å². The average molecular weight is 440 g/mol. The van der Waals surface area contributed by atoms with Crippen LogP contribution >= 0.6 is 11.8 Å². The number of pyridine rings is 1. The molecule has 2 atom stereocenters. The van der Waals surface area contributed by atoms with E-state index >= 15 is 0 Å². The van der Waals surface area contributed by atoms with E-state index in [1.807, 2.05) is 0 Å². The van der Waals surface area contributed by atoms with Gasteiger partial charge in [-0.3, -0.25) is 4.98 Å². The first-order chi connectivity index (χ1) is 14.1. The van der Waals surface area contributed by atoms with Gasteiger partial charge in [-0.15, -0.1) is 0 Å². The lowest BCUT2D eigenvalue weighted by Gasteiger charge is -2.38. The summed E-state index contributed by atoms with van der Waals surface area (Å²) in [5, 5.41) is 23.6. The quantitative estimate of drug-likeness (QED) is 0.460. The van der Waals surface area contributed by atoms with Crippen molar-refractivity contribution < 1.29 is 27.8 Å². The molecule has 2 aromatic carbocycles. The minimum Gasteiger partial charge on any atom is -0.505 e. The van der Waals surface area contributed by atoms with Gasteiger partial charge in [-0.05, 0) is 55.1 Å². The topological polar surface area (TPSA) is 65.4 Å². The second-order valence-corrected chi connectivity index (χ2v) is 7.83. The molecule has 0 aliphatic heterocycles. The molecule has 0 aliphatic carbocycles.